The van der Waals surface area contributed by atoms with Gasteiger partial charge in [-0.3, -0.25) is 4.79 Å². The molecule has 0 saturated heterocycles. The average Bonchev–Trinajstić information content (AvgIpc) is 3.34. The van der Waals surface area contributed by atoms with Crippen LogP contribution in [0.5, 0.6) is 17.2 Å². The van der Waals surface area contributed by atoms with E-state index in [2.05, 4.69) is 36.4 Å². The Kier molecular flexibility index (Phi) is 16.3. The normalized spacial score (nSPS) is 20.9. The van der Waals surface area contributed by atoms with Gasteiger partial charge in [-0.25, -0.2) is 0 Å². The van der Waals surface area contributed by atoms with Crippen LogP contribution < -0.4 is 14.8 Å². The predicted octanol–water partition coefficient (Wildman–Crippen LogP) is 9.88. The monoisotopic (exact) mass is 947 g/mol. The first kappa shape index (κ1) is 49.9. The van der Waals surface area contributed by atoms with Crippen LogP contribution in [0.15, 0.2) is 115 Å². The lowest BCUT2D eigenvalue weighted by molar-refractivity contribution is -0.121. The van der Waals surface area contributed by atoms with Crippen LogP contribution in [0.3, 0.4) is 0 Å². The highest BCUT2D eigenvalue weighted by Gasteiger charge is 2.31. The molecule has 2 aliphatic heterocycles. The zero-order valence-corrected chi connectivity index (χ0v) is 40.2. The number of aliphatic hydroxyl groups excluding tert-OH is 4. The van der Waals surface area contributed by atoms with Gasteiger partial charge in [0, 0.05) is 54.3 Å². The van der Waals surface area contributed by atoms with E-state index < -0.39 is 24.4 Å². The van der Waals surface area contributed by atoms with Crippen LogP contribution in [-0.2, 0) is 35.4 Å². The third kappa shape index (κ3) is 12.1. The van der Waals surface area contributed by atoms with Gasteiger partial charge >= 0.3 is 0 Å². The van der Waals surface area contributed by atoms with Crippen LogP contribution in [0.25, 0.3) is 16.8 Å². The van der Waals surface area contributed by atoms with Crippen LogP contribution in [0.4, 0.5) is 5.69 Å². The largest absolute Gasteiger partial charge is 0.508 e. The van der Waals surface area contributed by atoms with E-state index in [-0.39, 0.29) is 72.6 Å². The Labute approximate surface area is 410 Å². The number of allylic oxidation sites excluding steroid dienone is 4. The molecule has 70 heavy (non-hydrogen) atoms. The number of fused-ring (bicyclic) bond motifs is 9. The van der Waals surface area contributed by atoms with E-state index >= 15 is 0 Å². The number of ketones is 1. The van der Waals surface area contributed by atoms with Gasteiger partial charge in [0.25, 0.3) is 0 Å². The standard InChI is InChI=1S/C59H65NO10/c1-36-12-20-49-53-35-70-56-27-40(16-21-55(56)68-3)15-18-47(64)30-48(29-44-28-46(63)19-17-42(44)25-41(34-61)14-13-39-10-7-11-45(26-39)60-33-37(2)62)69-23-22-43(24-38-8-5-4-6-9-38)57-52(31-51(53)59(66)67)58(49)50(36)32-54(57)65/h4-12,16-17,19-21,26-28,31-32,36-37,41-44,48,59-63,65-67H,13-15,18,24-25,29-30,33-35H2,1-3H3. The highest BCUT2D eigenvalue weighted by atomic mass is 16.5. The molecule has 366 valence electrons. The average molecular weight is 948 g/mol. The smallest absolute Gasteiger partial charge is 0.178 e. The summed E-state index contributed by atoms with van der Waals surface area (Å²) in [6.07, 6.45) is 13.0. The number of aliphatic hydroxyl groups is 5. The summed E-state index contributed by atoms with van der Waals surface area (Å²) in [5, 5.41) is 70.2. The second-order valence-electron chi connectivity index (χ2n) is 19.2. The molecule has 11 heteroatoms. The summed E-state index contributed by atoms with van der Waals surface area (Å²) in [6.45, 7) is 4.20. The summed E-state index contributed by atoms with van der Waals surface area (Å²) in [6, 6.07) is 27.0. The summed E-state index contributed by atoms with van der Waals surface area (Å²) in [4.78, 5) is 14.1. The van der Waals surface area contributed by atoms with Gasteiger partial charge < -0.3 is 50.2 Å². The molecule has 2 aliphatic carbocycles. The molecule has 0 amide bonds. The minimum absolute atomic E-state index is 0.0171. The van der Waals surface area contributed by atoms with Crippen molar-refractivity contribution >= 4 is 28.3 Å². The van der Waals surface area contributed by atoms with Gasteiger partial charge in [0.05, 0.1) is 19.1 Å². The minimum Gasteiger partial charge on any atom is -0.508 e. The maximum atomic E-state index is 14.1. The number of phenols is 1. The zero-order chi connectivity index (χ0) is 49.3. The number of rotatable bonds is 15. The van der Waals surface area contributed by atoms with E-state index in [0.29, 0.717) is 60.2 Å². The molecule has 6 bridgehead atoms. The van der Waals surface area contributed by atoms with Gasteiger partial charge in [-0.15, -0.1) is 0 Å². The lowest BCUT2D eigenvalue weighted by atomic mass is 9.77. The second-order valence-corrected chi connectivity index (χ2v) is 19.2. The molecule has 7 atom stereocenters. The first-order chi connectivity index (χ1) is 33.9. The van der Waals surface area contributed by atoms with Gasteiger partial charge in [0.2, 0.25) is 0 Å². The van der Waals surface area contributed by atoms with Crippen molar-refractivity contribution in [3.63, 3.8) is 0 Å². The van der Waals surface area contributed by atoms with Crippen LogP contribution >= 0.6 is 0 Å². The van der Waals surface area contributed by atoms with Crippen molar-refractivity contribution in [2.24, 2.45) is 17.8 Å². The molecular weight excluding hydrogens is 883 g/mol. The molecule has 0 radical (unpaired) electrons. The SMILES string of the molecule is COc1ccc2cc1OCc1c(C(O)O)cc3c(c(O)cc4c3c1C=CC4C)C(Cc1ccccc1)C#COC(CC1C=C(O)C=CC1CC(CO)CCc1cccc(NCC(C)O)c1)CC(=O)CC2. The molecule has 5 aromatic rings. The van der Waals surface area contributed by atoms with Crippen molar-refractivity contribution in [3.8, 4) is 29.3 Å². The van der Waals surface area contributed by atoms with Crippen LogP contribution in [-0.4, -0.2) is 68.9 Å². The van der Waals surface area contributed by atoms with Crippen molar-refractivity contribution < 1.29 is 49.6 Å². The van der Waals surface area contributed by atoms with Crippen molar-refractivity contribution in [3.05, 3.63) is 159 Å². The molecule has 0 spiro atoms. The first-order valence-corrected chi connectivity index (χ1v) is 24.5. The fourth-order valence-electron chi connectivity index (χ4n) is 10.3. The van der Waals surface area contributed by atoms with Crippen molar-refractivity contribution in [2.45, 2.75) is 102 Å². The molecule has 7 unspecified atom stereocenters. The van der Waals surface area contributed by atoms with E-state index in [4.69, 9.17) is 14.2 Å². The van der Waals surface area contributed by atoms with Crippen LogP contribution in [0, 0.1) is 29.8 Å². The number of aromatic hydroxyl groups is 1. The third-order valence-electron chi connectivity index (χ3n) is 14.0. The number of benzene rings is 5. The lowest BCUT2D eigenvalue weighted by Gasteiger charge is -2.30. The molecule has 2 heterocycles. The lowest BCUT2D eigenvalue weighted by Crippen LogP contribution is -2.26. The number of phenolic OH excluding ortho intramolecular Hbond substituents is 1. The first-order valence-electron chi connectivity index (χ1n) is 24.5. The van der Waals surface area contributed by atoms with Crippen molar-refractivity contribution in [1.82, 2.24) is 0 Å². The molecule has 4 aliphatic rings. The number of hydrogen-bond acceptors (Lipinski definition) is 11. The molecule has 0 fully saturated rings. The van der Waals surface area contributed by atoms with E-state index in [9.17, 15) is 35.4 Å². The third-order valence-corrected chi connectivity index (χ3v) is 14.0. The maximum absolute atomic E-state index is 14.1. The summed E-state index contributed by atoms with van der Waals surface area (Å²) in [5.41, 5.74) is 6.81. The fourth-order valence-corrected chi connectivity index (χ4v) is 10.3. The molecule has 5 aromatic carbocycles. The topological polar surface area (TPSA) is 178 Å². The Bertz CT molecular complexity index is 2800. The molecule has 9 rings (SSSR count). The molecule has 11 nitrogen and oxygen atoms in total. The number of aryl methyl sites for hydroxylation is 2. The summed E-state index contributed by atoms with van der Waals surface area (Å²) in [5.74, 6) is 3.32. The van der Waals surface area contributed by atoms with E-state index in [0.717, 1.165) is 51.7 Å². The zero-order valence-electron chi connectivity index (χ0n) is 40.2. The number of anilines is 1. The maximum Gasteiger partial charge on any atom is 0.178 e. The molecular formula is C59H65NO10. The van der Waals surface area contributed by atoms with Gasteiger partial charge in [0.15, 0.2) is 17.8 Å². The Hall–Kier alpha value is -6.55. The Morgan fingerprint density at radius 3 is 2.50 bits per heavy atom. The predicted molar refractivity (Wildman–Crippen MR) is 273 cm³/mol. The minimum atomic E-state index is -1.87. The van der Waals surface area contributed by atoms with Gasteiger partial charge in [-0.2, -0.15) is 0 Å². The van der Waals surface area contributed by atoms with Crippen molar-refractivity contribution in [1.29, 1.82) is 0 Å². The van der Waals surface area contributed by atoms with Crippen LogP contribution in [0.1, 0.15) is 109 Å². The number of ether oxygens (including phenoxy) is 3. The number of carbonyl (C=O) groups excluding carboxylic acids is 1. The van der Waals surface area contributed by atoms with Crippen LogP contribution in [0.2, 0.25) is 0 Å². The Morgan fingerprint density at radius 2 is 1.73 bits per heavy atom. The Balaban J connectivity index is 1.16. The summed E-state index contributed by atoms with van der Waals surface area (Å²) < 4.78 is 18.7. The van der Waals surface area contributed by atoms with Crippen molar-refractivity contribution in [2.75, 3.05) is 25.6 Å². The highest BCUT2D eigenvalue weighted by Crippen LogP contribution is 2.47. The number of carbonyl (C=O) groups is 1. The molecule has 7 N–H and O–H groups in total. The molecule has 0 aromatic heterocycles. The molecule has 0 saturated carbocycles. The Morgan fingerprint density at radius 1 is 0.914 bits per heavy atom. The fraction of sp³-hybridized carbons (Fsp3) is 0.373. The van der Waals surface area contributed by atoms with E-state index in [1.54, 1.807) is 38.3 Å². The summed E-state index contributed by atoms with van der Waals surface area (Å²) >= 11 is 0. The highest BCUT2D eigenvalue weighted by molar-refractivity contribution is 6.01. The van der Waals surface area contributed by atoms with E-state index in [1.807, 2.05) is 78.9 Å². The van der Waals surface area contributed by atoms with Gasteiger partial charge in [-0.1, -0.05) is 79.6 Å². The quantitative estimate of drug-likeness (QED) is 0.0393. The van der Waals surface area contributed by atoms with Gasteiger partial charge in [-0.05, 0) is 150 Å². The number of methoxy groups -OCH3 is 1. The van der Waals surface area contributed by atoms with E-state index in [1.165, 1.54) is 0 Å². The van der Waals surface area contributed by atoms with Gasteiger partial charge in [0.1, 0.15) is 36.1 Å². The summed E-state index contributed by atoms with van der Waals surface area (Å²) in [7, 11) is 1.56. The number of hydrogen-bond donors (Lipinski definition) is 7. The second kappa shape index (κ2) is 22.9. The number of Topliss-reactive ketones (excluding diaryl/α,β-unsaturated/α-hetero) is 1. The number of nitrogens with one attached hydrogen (secondary N) is 1.